The Morgan fingerprint density at radius 2 is 1.59 bits per heavy atom. The molecule has 0 fully saturated rings. The number of nitrogens with zero attached hydrogens (tertiary/aromatic N) is 3. The van der Waals surface area contributed by atoms with E-state index in [1.54, 1.807) is 12.3 Å². The van der Waals surface area contributed by atoms with Gasteiger partial charge in [0.15, 0.2) is 0 Å². The van der Waals surface area contributed by atoms with Crippen molar-refractivity contribution in [1.82, 2.24) is 15.1 Å². The number of halogens is 3. The average molecular weight is 391 g/mol. The van der Waals surface area contributed by atoms with Crippen LogP contribution in [0.15, 0.2) is 77.6 Å². The van der Waals surface area contributed by atoms with Crippen LogP contribution in [0.4, 0.5) is 13.2 Å². The highest BCUT2D eigenvalue weighted by Crippen LogP contribution is 2.32. The maximum atomic E-state index is 12.9. The first-order chi connectivity index (χ1) is 14.0. The summed E-state index contributed by atoms with van der Waals surface area (Å²) in [7, 11) is 0. The number of benzene rings is 2. The molecule has 29 heavy (non-hydrogen) atoms. The third-order valence-corrected chi connectivity index (χ3v) is 3.98. The first kappa shape index (κ1) is 18.4. The van der Waals surface area contributed by atoms with E-state index in [9.17, 15) is 13.2 Å². The second-order valence-electron chi connectivity index (χ2n) is 6.08. The van der Waals surface area contributed by atoms with Crippen molar-refractivity contribution < 1.29 is 17.7 Å². The Morgan fingerprint density at radius 1 is 0.793 bits per heavy atom. The quantitative estimate of drug-likeness (QED) is 0.440. The first-order valence-corrected chi connectivity index (χ1v) is 8.53. The number of alkyl halides is 3. The van der Waals surface area contributed by atoms with Crippen molar-refractivity contribution in [3.8, 4) is 34.7 Å². The number of aromatic nitrogens is 3. The summed E-state index contributed by atoms with van der Waals surface area (Å²) in [5, 5.41) is 3.79. The Kier molecular flexibility index (Phi) is 4.83. The summed E-state index contributed by atoms with van der Waals surface area (Å²) < 4.78 is 43.9. The summed E-state index contributed by atoms with van der Waals surface area (Å²) in [6.07, 6.45) is -1.32. The molecular weight excluding hydrogens is 379 g/mol. The molecule has 4 nitrogen and oxygen atoms in total. The van der Waals surface area contributed by atoms with Gasteiger partial charge in [0, 0.05) is 29.1 Å². The van der Waals surface area contributed by atoms with E-state index in [1.165, 1.54) is 18.3 Å². The van der Waals surface area contributed by atoms with Gasteiger partial charge in [-0.15, -0.1) is 0 Å². The van der Waals surface area contributed by atoms with Crippen molar-refractivity contribution in [1.29, 1.82) is 0 Å². The van der Waals surface area contributed by atoms with Crippen LogP contribution >= 0.6 is 0 Å². The van der Waals surface area contributed by atoms with Gasteiger partial charge in [0.2, 0.25) is 5.82 Å². The maximum Gasteiger partial charge on any atom is 0.416 e. The van der Waals surface area contributed by atoms with Crippen LogP contribution in [0.2, 0.25) is 0 Å². The van der Waals surface area contributed by atoms with E-state index >= 15 is 0 Å². The van der Waals surface area contributed by atoms with Crippen molar-refractivity contribution in [3.63, 3.8) is 0 Å². The zero-order valence-corrected chi connectivity index (χ0v) is 14.8. The van der Waals surface area contributed by atoms with Gasteiger partial charge < -0.3 is 4.52 Å². The molecule has 0 bridgehead atoms. The highest BCUT2D eigenvalue weighted by Gasteiger charge is 2.30. The van der Waals surface area contributed by atoms with E-state index in [-0.39, 0.29) is 17.3 Å². The predicted molar refractivity (Wildman–Crippen MR) is 100 cm³/mol. The second-order valence-corrected chi connectivity index (χ2v) is 6.08. The molecule has 0 amide bonds. The predicted octanol–water partition coefficient (Wildman–Crippen LogP) is 5.22. The van der Waals surface area contributed by atoms with Crippen LogP contribution in [0.5, 0.6) is 0 Å². The summed E-state index contributed by atoms with van der Waals surface area (Å²) in [5.41, 5.74) is 1.47. The normalized spacial score (nSPS) is 11.0. The lowest BCUT2D eigenvalue weighted by Gasteiger charge is -2.06. The zero-order valence-electron chi connectivity index (χ0n) is 14.8. The number of rotatable bonds is 2. The Labute approximate surface area is 164 Å². The van der Waals surface area contributed by atoms with Crippen LogP contribution in [0, 0.1) is 11.8 Å². The SMILES string of the molecule is FC(F)(F)c1cccc(-c2noc(-c3cncc(C#Cc4ccccc4)c3)n2)c1. The van der Waals surface area contributed by atoms with Gasteiger partial charge in [-0.05, 0) is 30.3 Å². The molecule has 2 heterocycles. The topological polar surface area (TPSA) is 51.8 Å². The van der Waals surface area contributed by atoms with E-state index in [4.69, 9.17) is 4.52 Å². The monoisotopic (exact) mass is 391 g/mol. The molecule has 2 aromatic heterocycles. The molecule has 2 aromatic carbocycles. The molecule has 4 aromatic rings. The number of hydrogen-bond acceptors (Lipinski definition) is 4. The molecule has 0 aliphatic rings. The van der Waals surface area contributed by atoms with Crippen molar-refractivity contribution in [2.45, 2.75) is 6.18 Å². The van der Waals surface area contributed by atoms with E-state index in [2.05, 4.69) is 27.0 Å². The van der Waals surface area contributed by atoms with Gasteiger partial charge in [-0.1, -0.05) is 47.3 Å². The maximum absolute atomic E-state index is 12.9. The van der Waals surface area contributed by atoms with Crippen LogP contribution in [-0.2, 0) is 6.18 Å². The van der Waals surface area contributed by atoms with Crippen LogP contribution in [-0.4, -0.2) is 15.1 Å². The highest BCUT2D eigenvalue weighted by molar-refractivity contribution is 5.61. The van der Waals surface area contributed by atoms with Gasteiger partial charge in [0.05, 0.1) is 11.1 Å². The van der Waals surface area contributed by atoms with Gasteiger partial charge >= 0.3 is 6.18 Å². The number of hydrogen-bond donors (Lipinski definition) is 0. The lowest BCUT2D eigenvalue weighted by Crippen LogP contribution is -2.04. The van der Waals surface area contributed by atoms with E-state index < -0.39 is 11.7 Å². The Bertz CT molecular complexity index is 1200. The molecule has 0 aliphatic carbocycles. The standard InChI is InChI=1S/C22H12F3N3O/c23-22(24,25)19-8-4-7-17(12-19)20-27-21(29-28-20)18-11-16(13-26-14-18)10-9-15-5-2-1-3-6-15/h1-8,11-14H. The zero-order chi connectivity index (χ0) is 20.3. The summed E-state index contributed by atoms with van der Waals surface area (Å²) in [6.45, 7) is 0. The molecule has 4 rings (SSSR count). The lowest BCUT2D eigenvalue weighted by molar-refractivity contribution is -0.137. The fourth-order valence-corrected chi connectivity index (χ4v) is 2.58. The Morgan fingerprint density at radius 3 is 2.38 bits per heavy atom. The third kappa shape index (κ3) is 4.33. The summed E-state index contributed by atoms with van der Waals surface area (Å²) >= 11 is 0. The average Bonchev–Trinajstić information content (AvgIpc) is 3.23. The molecule has 0 saturated carbocycles. The summed E-state index contributed by atoms with van der Waals surface area (Å²) in [6, 6.07) is 16.0. The van der Waals surface area contributed by atoms with Crippen molar-refractivity contribution in [3.05, 3.63) is 89.7 Å². The minimum atomic E-state index is -4.45. The molecule has 0 radical (unpaired) electrons. The third-order valence-electron chi connectivity index (χ3n) is 3.98. The van der Waals surface area contributed by atoms with Crippen molar-refractivity contribution in [2.24, 2.45) is 0 Å². The molecule has 7 heteroatoms. The van der Waals surface area contributed by atoms with Gasteiger partial charge in [-0.3, -0.25) is 4.98 Å². The van der Waals surface area contributed by atoms with E-state index in [0.29, 0.717) is 11.1 Å². The molecular formula is C22H12F3N3O. The summed E-state index contributed by atoms with van der Waals surface area (Å²) in [5.74, 6) is 6.24. The molecule has 0 saturated heterocycles. The van der Waals surface area contributed by atoms with Crippen LogP contribution in [0.25, 0.3) is 22.8 Å². The van der Waals surface area contributed by atoms with Crippen LogP contribution < -0.4 is 0 Å². The molecule has 0 N–H and O–H groups in total. The van der Waals surface area contributed by atoms with E-state index in [1.807, 2.05) is 30.3 Å². The second kappa shape index (κ2) is 7.60. The van der Waals surface area contributed by atoms with Gasteiger partial charge in [0.25, 0.3) is 5.89 Å². The first-order valence-electron chi connectivity index (χ1n) is 8.53. The number of pyridine rings is 1. The molecule has 142 valence electrons. The molecule has 0 aliphatic heterocycles. The van der Waals surface area contributed by atoms with Crippen LogP contribution in [0.3, 0.4) is 0 Å². The van der Waals surface area contributed by atoms with E-state index in [0.717, 1.165) is 17.7 Å². The van der Waals surface area contributed by atoms with Gasteiger partial charge in [-0.25, -0.2) is 0 Å². The minimum Gasteiger partial charge on any atom is -0.334 e. The minimum absolute atomic E-state index is 0.0619. The molecule has 0 spiro atoms. The largest absolute Gasteiger partial charge is 0.416 e. The fraction of sp³-hybridized carbons (Fsp3) is 0.0455. The Balaban J connectivity index is 1.62. The van der Waals surface area contributed by atoms with Gasteiger partial charge in [-0.2, -0.15) is 18.2 Å². The van der Waals surface area contributed by atoms with Gasteiger partial charge in [0.1, 0.15) is 0 Å². The lowest BCUT2D eigenvalue weighted by atomic mass is 10.1. The molecule has 0 unspecified atom stereocenters. The highest BCUT2D eigenvalue weighted by atomic mass is 19.4. The smallest absolute Gasteiger partial charge is 0.334 e. The van der Waals surface area contributed by atoms with Crippen molar-refractivity contribution >= 4 is 0 Å². The summed E-state index contributed by atoms with van der Waals surface area (Å²) in [4.78, 5) is 8.32. The Hall–Kier alpha value is -3.92. The van der Waals surface area contributed by atoms with Crippen LogP contribution in [0.1, 0.15) is 16.7 Å². The van der Waals surface area contributed by atoms with Crippen molar-refractivity contribution in [2.75, 3.05) is 0 Å². The molecule has 0 atom stereocenters. The fourth-order valence-electron chi connectivity index (χ4n) is 2.58.